The van der Waals surface area contributed by atoms with Crippen LogP contribution >= 0.6 is 24.2 Å². The number of hydrogen-bond donors (Lipinski definition) is 2. The minimum absolute atomic E-state index is 0. The molecule has 2 rings (SSSR count). The third-order valence-corrected chi connectivity index (χ3v) is 4.83. The summed E-state index contributed by atoms with van der Waals surface area (Å²) >= 11 is 1.50. The van der Waals surface area contributed by atoms with E-state index in [2.05, 4.69) is 21.8 Å². The van der Waals surface area contributed by atoms with Crippen LogP contribution < -0.4 is 5.56 Å². The Morgan fingerprint density at radius 1 is 1.41 bits per heavy atom. The van der Waals surface area contributed by atoms with Gasteiger partial charge in [-0.2, -0.15) is 4.98 Å². The van der Waals surface area contributed by atoms with E-state index in [0.29, 0.717) is 10.7 Å². The zero-order chi connectivity index (χ0) is 15.2. The summed E-state index contributed by atoms with van der Waals surface area (Å²) < 4.78 is 0. The second-order valence-corrected chi connectivity index (χ2v) is 6.78. The zero-order valence-electron chi connectivity index (χ0n) is 13.3. The maximum atomic E-state index is 12.1. The Labute approximate surface area is 142 Å². The van der Waals surface area contributed by atoms with Crippen LogP contribution in [-0.4, -0.2) is 45.4 Å². The molecule has 1 fully saturated rings. The van der Waals surface area contributed by atoms with Crippen molar-refractivity contribution < 1.29 is 5.11 Å². The second-order valence-electron chi connectivity index (χ2n) is 5.70. The molecule has 0 saturated carbocycles. The molecule has 1 aromatic rings. The first-order chi connectivity index (χ1) is 10.1. The van der Waals surface area contributed by atoms with E-state index in [9.17, 15) is 9.90 Å². The molecular weight excluding hydrogens is 322 g/mol. The van der Waals surface area contributed by atoms with E-state index < -0.39 is 0 Å². The molecule has 1 aliphatic heterocycles. The Morgan fingerprint density at radius 3 is 2.68 bits per heavy atom. The Morgan fingerprint density at radius 2 is 2.09 bits per heavy atom. The second kappa shape index (κ2) is 9.43. The zero-order valence-corrected chi connectivity index (χ0v) is 14.9. The Kier molecular flexibility index (Phi) is 8.28. The van der Waals surface area contributed by atoms with Gasteiger partial charge < -0.3 is 15.0 Å². The summed E-state index contributed by atoms with van der Waals surface area (Å²) in [7, 11) is 0. The summed E-state index contributed by atoms with van der Waals surface area (Å²) in [5.74, 6) is 0.810. The summed E-state index contributed by atoms with van der Waals surface area (Å²) in [6, 6.07) is 0. The summed E-state index contributed by atoms with van der Waals surface area (Å²) in [5, 5.41) is 10.5. The van der Waals surface area contributed by atoms with Crippen molar-refractivity contribution in [2.75, 3.05) is 25.4 Å². The van der Waals surface area contributed by atoms with Crippen molar-refractivity contribution in [3.8, 4) is 5.88 Å². The topological polar surface area (TPSA) is 69.2 Å². The first kappa shape index (κ1) is 19.3. The smallest absolute Gasteiger partial charge is 0.258 e. The number of H-pyrrole nitrogens is 1. The maximum absolute atomic E-state index is 12.1. The highest BCUT2D eigenvalue weighted by Crippen LogP contribution is 2.25. The predicted octanol–water partition coefficient (Wildman–Crippen LogP) is 2.99. The molecule has 1 aromatic heterocycles. The molecule has 0 amide bonds. The number of aromatic hydroxyl groups is 1. The van der Waals surface area contributed by atoms with Crippen molar-refractivity contribution in [3.05, 3.63) is 15.9 Å². The van der Waals surface area contributed by atoms with Gasteiger partial charge in [0, 0.05) is 12.3 Å². The fourth-order valence-electron chi connectivity index (χ4n) is 2.82. The van der Waals surface area contributed by atoms with Crippen LogP contribution in [0.3, 0.4) is 0 Å². The summed E-state index contributed by atoms with van der Waals surface area (Å²) in [4.78, 5) is 21.5. The van der Waals surface area contributed by atoms with E-state index >= 15 is 0 Å². The van der Waals surface area contributed by atoms with Crippen molar-refractivity contribution >= 4 is 24.2 Å². The molecule has 7 heteroatoms. The van der Waals surface area contributed by atoms with Gasteiger partial charge in [-0.3, -0.25) is 4.79 Å². The van der Waals surface area contributed by atoms with Gasteiger partial charge >= 0.3 is 0 Å². The molecule has 22 heavy (non-hydrogen) atoms. The number of nitrogens with zero attached hydrogens (tertiary/aromatic N) is 2. The van der Waals surface area contributed by atoms with E-state index in [1.807, 2.05) is 6.92 Å². The van der Waals surface area contributed by atoms with Crippen LogP contribution in [0.4, 0.5) is 0 Å². The maximum Gasteiger partial charge on any atom is 0.258 e. The molecule has 2 N–H and O–H groups in total. The molecule has 1 atom stereocenters. The van der Waals surface area contributed by atoms with Gasteiger partial charge in [0.1, 0.15) is 0 Å². The molecule has 5 nitrogen and oxygen atoms in total. The van der Waals surface area contributed by atoms with Gasteiger partial charge in [-0.15, -0.1) is 12.4 Å². The highest BCUT2D eigenvalue weighted by molar-refractivity contribution is 7.99. The van der Waals surface area contributed by atoms with Crippen LogP contribution in [0, 0.1) is 0 Å². The Hall–Kier alpha value is -0.720. The lowest BCUT2D eigenvalue weighted by atomic mass is 9.99. The minimum atomic E-state index is -0.202. The van der Waals surface area contributed by atoms with Crippen molar-refractivity contribution in [2.45, 2.75) is 50.6 Å². The summed E-state index contributed by atoms with van der Waals surface area (Å²) in [5.41, 5.74) is 0.216. The molecule has 0 bridgehead atoms. The number of likely N-dealkylation sites (tertiary alicyclic amines) is 1. The number of halogens is 1. The molecule has 0 aliphatic carbocycles. The molecular formula is C15H26ClN3O2S. The van der Waals surface area contributed by atoms with Crippen LogP contribution in [0.1, 0.15) is 51.0 Å². The highest BCUT2D eigenvalue weighted by atomic mass is 35.5. The molecule has 1 aliphatic rings. The summed E-state index contributed by atoms with van der Waals surface area (Å²) in [6.45, 7) is 7.36. The van der Waals surface area contributed by atoms with E-state index in [0.717, 1.165) is 25.1 Å². The summed E-state index contributed by atoms with van der Waals surface area (Å²) in [6.07, 6.45) is 4.42. The monoisotopic (exact) mass is 347 g/mol. The molecule has 0 spiro atoms. The normalized spacial score (nSPS) is 16.5. The van der Waals surface area contributed by atoms with Gasteiger partial charge in [-0.25, -0.2) is 0 Å². The van der Waals surface area contributed by atoms with Crippen molar-refractivity contribution in [3.63, 3.8) is 0 Å². The van der Waals surface area contributed by atoms with Crippen LogP contribution in [0.15, 0.2) is 9.95 Å². The van der Waals surface area contributed by atoms with Crippen molar-refractivity contribution in [1.29, 1.82) is 0 Å². The fourth-order valence-corrected chi connectivity index (χ4v) is 3.68. The number of hydrogen-bond acceptors (Lipinski definition) is 5. The standard InChI is InChI=1S/C15H25N3O2S.ClH/c1-3-6-11(2)12-13(19)16-15(17-14(12)20)21-10-9-18-7-4-5-8-18;/h11H,3-10H2,1-2H3,(H2,16,17,19,20);1H. The van der Waals surface area contributed by atoms with Gasteiger partial charge in [0.25, 0.3) is 5.56 Å². The van der Waals surface area contributed by atoms with Crippen LogP contribution in [-0.2, 0) is 0 Å². The van der Waals surface area contributed by atoms with E-state index in [4.69, 9.17) is 0 Å². The van der Waals surface area contributed by atoms with Crippen LogP contribution in [0.2, 0.25) is 0 Å². The lowest BCUT2D eigenvalue weighted by Crippen LogP contribution is -2.22. The quantitative estimate of drug-likeness (QED) is 0.586. The molecule has 0 aromatic carbocycles. The van der Waals surface area contributed by atoms with E-state index in [1.165, 1.54) is 37.7 Å². The van der Waals surface area contributed by atoms with Crippen molar-refractivity contribution in [1.82, 2.24) is 14.9 Å². The molecule has 1 saturated heterocycles. The average molecular weight is 348 g/mol. The average Bonchev–Trinajstić information content (AvgIpc) is 2.91. The van der Waals surface area contributed by atoms with Gasteiger partial charge in [-0.1, -0.05) is 32.0 Å². The molecule has 2 heterocycles. The number of aromatic nitrogens is 2. The number of aromatic amines is 1. The first-order valence-electron chi connectivity index (χ1n) is 7.80. The minimum Gasteiger partial charge on any atom is -0.493 e. The lowest BCUT2D eigenvalue weighted by molar-refractivity contribution is 0.362. The molecule has 126 valence electrons. The number of rotatable bonds is 7. The van der Waals surface area contributed by atoms with Crippen LogP contribution in [0.25, 0.3) is 0 Å². The highest BCUT2D eigenvalue weighted by Gasteiger charge is 2.17. The van der Waals surface area contributed by atoms with E-state index in [1.54, 1.807) is 0 Å². The van der Waals surface area contributed by atoms with Gasteiger partial charge in [0.2, 0.25) is 5.88 Å². The predicted molar refractivity (Wildman–Crippen MR) is 93.5 cm³/mol. The SMILES string of the molecule is CCCC(C)c1c(O)nc(SCCN2CCCC2)[nH]c1=O.Cl. The number of thioether (sulfide) groups is 1. The Balaban J connectivity index is 0.00000242. The molecule has 0 radical (unpaired) electrons. The molecule has 1 unspecified atom stereocenters. The third kappa shape index (κ3) is 5.18. The van der Waals surface area contributed by atoms with Gasteiger partial charge in [0.05, 0.1) is 5.56 Å². The van der Waals surface area contributed by atoms with E-state index in [-0.39, 0.29) is 29.8 Å². The largest absolute Gasteiger partial charge is 0.493 e. The van der Waals surface area contributed by atoms with Crippen LogP contribution in [0.5, 0.6) is 5.88 Å². The lowest BCUT2D eigenvalue weighted by Gasteiger charge is -2.14. The van der Waals surface area contributed by atoms with Gasteiger partial charge in [-0.05, 0) is 38.3 Å². The Bertz CT molecular complexity index is 518. The van der Waals surface area contributed by atoms with Gasteiger partial charge in [0.15, 0.2) is 5.16 Å². The number of nitrogens with one attached hydrogen (secondary N) is 1. The van der Waals surface area contributed by atoms with Crippen molar-refractivity contribution in [2.24, 2.45) is 0 Å². The fraction of sp³-hybridized carbons (Fsp3) is 0.733. The first-order valence-corrected chi connectivity index (χ1v) is 8.78. The third-order valence-electron chi connectivity index (χ3n) is 3.97.